The van der Waals surface area contributed by atoms with E-state index in [9.17, 15) is 0 Å². The van der Waals surface area contributed by atoms with Crippen molar-refractivity contribution >= 4 is 39.8 Å². The average Bonchev–Trinajstić information content (AvgIpc) is 3.40. The molecule has 5 rings (SSSR count). The third-order valence-corrected chi connectivity index (χ3v) is 5.44. The molecule has 0 bridgehead atoms. The fraction of sp³-hybridized carbons (Fsp3) is 0.0500. The minimum absolute atomic E-state index is 0.539. The summed E-state index contributed by atoms with van der Waals surface area (Å²) in [5, 5.41) is 12.2. The summed E-state index contributed by atoms with van der Waals surface area (Å²) in [6.45, 7) is 0.539. The lowest BCUT2D eigenvalue weighted by Gasteiger charge is -2.06. The van der Waals surface area contributed by atoms with Crippen LogP contribution in [0.15, 0.2) is 66.6 Å². The molecular formula is C20H14ClN7S. The molecule has 0 radical (unpaired) electrons. The van der Waals surface area contributed by atoms with Crippen molar-refractivity contribution in [3.05, 3.63) is 77.3 Å². The van der Waals surface area contributed by atoms with Crippen LogP contribution in [0.25, 0.3) is 27.4 Å². The van der Waals surface area contributed by atoms with E-state index in [1.165, 1.54) is 6.33 Å². The summed E-state index contributed by atoms with van der Waals surface area (Å²) < 4.78 is 1.75. The zero-order valence-corrected chi connectivity index (χ0v) is 16.6. The largest absolute Gasteiger partial charge is 0.364 e. The molecule has 1 N–H and O–H groups in total. The normalized spacial score (nSPS) is 11.1. The maximum Gasteiger partial charge on any atom is 0.168 e. The zero-order chi connectivity index (χ0) is 19.6. The Hall–Kier alpha value is -3.36. The van der Waals surface area contributed by atoms with E-state index in [0.717, 1.165) is 27.5 Å². The van der Waals surface area contributed by atoms with Gasteiger partial charge in [0.1, 0.15) is 17.2 Å². The molecule has 142 valence electrons. The number of fused-ring (bicyclic) bond motifs is 1. The highest BCUT2D eigenvalue weighted by molar-refractivity contribution is 7.13. The van der Waals surface area contributed by atoms with Crippen LogP contribution in [0.5, 0.6) is 0 Å². The number of aromatic nitrogens is 6. The van der Waals surface area contributed by atoms with Crippen LogP contribution in [0, 0.1) is 0 Å². The number of halogens is 1. The number of nitrogens with zero attached hydrogens (tertiary/aromatic N) is 6. The monoisotopic (exact) mass is 419 g/mol. The molecule has 0 unspecified atom stereocenters. The lowest BCUT2D eigenvalue weighted by Crippen LogP contribution is -2.03. The first-order valence-electron chi connectivity index (χ1n) is 8.82. The average molecular weight is 420 g/mol. The molecule has 0 atom stereocenters. The fourth-order valence-electron chi connectivity index (χ4n) is 2.95. The molecule has 0 amide bonds. The lowest BCUT2D eigenvalue weighted by molar-refractivity contribution is 0.895. The molecule has 0 saturated carbocycles. The molecule has 5 aromatic rings. The zero-order valence-electron chi connectivity index (χ0n) is 15.0. The van der Waals surface area contributed by atoms with Crippen LogP contribution in [0.1, 0.15) is 5.69 Å². The molecule has 4 aromatic heterocycles. The molecule has 0 saturated heterocycles. The number of benzene rings is 1. The highest BCUT2D eigenvalue weighted by atomic mass is 35.5. The first-order chi connectivity index (χ1) is 14.3. The van der Waals surface area contributed by atoms with Gasteiger partial charge in [0.15, 0.2) is 5.65 Å². The van der Waals surface area contributed by atoms with E-state index in [1.54, 1.807) is 28.4 Å². The molecule has 9 heteroatoms. The number of nitrogens with one attached hydrogen (secondary N) is 1. The third kappa shape index (κ3) is 3.55. The third-order valence-electron chi connectivity index (χ3n) is 4.29. The van der Waals surface area contributed by atoms with Gasteiger partial charge in [-0.1, -0.05) is 23.7 Å². The van der Waals surface area contributed by atoms with Crippen molar-refractivity contribution in [2.45, 2.75) is 6.54 Å². The van der Waals surface area contributed by atoms with E-state index in [4.69, 9.17) is 11.6 Å². The molecule has 0 aliphatic rings. The Morgan fingerprint density at radius 3 is 2.90 bits per heavy atom. The molecule has 29 heavy (non-hydrogen) atoms. The van der Waals surface area contributed by atoms with Gasteiger partial charge in [0.2, 0.25) is 0 Å². The van der Waals surface area contributed by atoms with E-state index in [0.29, 0.717) is 23.0 Å². The molecular weight excluding hydrogens is 406 g/mol. The Bertz CT molecular complexity index is 1280. The Labute approximate surface area is 175 Å². The van der Waals surface area contributed by atoms with E-state index in [-0.39, 0.29) is 0 Å². The van der Waals surface area contributed by atoms with Gasteiger partial charge < -0.3 is 5.32 Å². The van der Waals surface area contributed by atoms with Gasteiger partial charge in [-0.05, 0) is 30.3 Å². The quantitative estimate of drug-likeness (QED) is 0.448. The van der Waals surface area contributed by atoms with Crippen molar-refractivity contribution in [1.82, 2.24) is 29.7 Å². The predicted octanol–water partition coefficient (Wildman–Crippen LogP) is 4.60. The summed E-state index contributed by atoms with van der Waals surface area (Å²) in [4.78, 5) is 17.8. The van der Waals surface area contributed by atoms with Gasteiger partial charge in [-0.2, -0.15) is 5.10 Å². The van der Waals surface area contributed by atoms with Gasteiger partial charge in [0.05, 0.1) is 35.2 Å². The van der Waals surface area contributed by atoms with Crippen LogP contribution >= 0.6 is 22.9 Å². The maximum absolute atomic E-state index is 6.11. The fourth-order valence-corrected chi connectivity index (χ4v) is 3.93. The second-order valence-corrected chi connectivity index (χ2v) is 7.50. The Morgan fingerprint density at radius 1 is 1.07 bits per heavy atom. The number of thiazole rings is 1. The van der Waals surface area contributed by atoms with Crippen molar-refractivity contribution in [2.24, 2.45) is 0 Å². The first-order valence-corrected chi connectivity index (χ1v) is 10.1. The summed E-state index contributed by atoms with van der Waals surface area (Å²) in [6, 6.07) is 13.3. The second-order valence-electron chi connectivity index (χ2n) is 6.21. The summed E-state index contributed by atoms with van der Waals surface area (Å²) in [5.74, 6) is 0.704. The standard InChI is InChI=1S/C20H14ClN7S/c21-13-4-3-5-15(8-13)28-19-16(10-26-28)18(24-12-25-19)23-9-14-11-29-20(27-14)17-6-1-2-7-22-17/h1-8,10-12H,9H2,(H,23,24,25). The molecule has 1 aromatic carbocycles. The van der Waals surface area contributed by atoms with Gasteiger partial charge >= 0.3 is 0 Å². The first kappa shape index (κ1) is 17.7. The Balaban J connectivity index is 1.40. The summed E-state index contributed by atoms with van der Waals surface area (Å²) >= 11 is 7.68. The number of hydrogen-bond acceptors (Lipinski definition) is 7. The van der Waals surface area contributed by atoms with Gasteiger partial charge in [-0.15, -0.1) is 11.3 Å². The van der Waals surface area contributed by atoms with Crippen molar-refractivity contribution in [3.63, 3.8) is 0 Å². The van der Waals surface area contributed by atoms with Gasteiger partial charge in [0.25, 0.3) is 0 Å². The van der Waals surface area contributed by atoms with Crippen molar-refractivity contribution < 1.29 is 0 Å². The minimum atomic E-state index is 0.539. The van der Waals surface area contributed by atoms with Crippen LogP contribution in [0.4, 0.5) is 5.82 Å². The smallest absolute Gasteiger partial charge is 0.168 e. The number of pyridine rings is 1. The topological polar surface area (TPSA) is 81.4 Å². The SMILES string of the molecule is Clc1cccc(-n2ncc3c(NCc4csc(-c5ccccn5)n4)ncnc32)c1. The van der Waals surface area contributed by atoms with Crippen LogP contribution in [-0.4, -0.2) is 29.7 Å². The van der Waals surface area contributed by atoms with Gasteiger partial charge in [0, 0.05) is 16.6 Å². The second kappa shape index (κ2) is 7.57. The van der Waals surface area contributed by atoms with Crippen LogP contribution in [-0.2, 0) is 6.54 Å². The van der Waals surface area contributed by atoms with Crippen LogP contribution in [0.3, 0.4) is 0 Å². The molecule has 0 aliphatic carbocycles. The summed E-state index contributed by atoms with van der Waals surface area (Å²) in [6.07, 6.45) is 5.04. The van der Waals surface area contributed by atoms with E-state index < -0.39 is 0 Å². The van der Waals surface area contributed by atoms with E-state index >= 15 is 0 Å². The summed E-state index contributed by atoms with van der Waals surface area (Å²) in [5.41, 5.74) is 3.34. The van der Waals surface area contributed by atoms with Crippen molar-refractivity contribution in [2.75, 3.05) is 5.32 Å². The molecule has 4 heterocycles. The lowest BCUT2D eigenvalue weighted by atomic mass is 10.3. The van der Waals surface area contributed by atoms with E-state index in [2.05, 4.69) is 30.4 Å². The number of rotatable bonds is 5. The van der Waals surface area contributed by atoms with Gasteiger partial charge in [-0.3, -0.25) is 4.98 Å². The van der Waals surface area contributed by atoms with Crippen LogP contribution in [0.2, 0.25) is 5.02 Å². The molecule has 0 aliphatic heterocycles. The molecule has 7 nitrogen and oxygen atoms in total. The number of anilines is 1. The van der Waals surface area contributed by atoms with E-state index in [1.807, 2.05) is 47.8 Å². The Kier molecular flexibility index (Phi) is 4.63. The van der Waals surface area contributed by atoms with Crippen LogP contribution < -0.4 is 5.32 Å². The summed E-state index contributed by atoms with van der Waals surface area (Å²) in [7, 11) is 0. The number of hydrogen-bond donors (Lipinski definition) is 1. The van der Waals surface area contributed by atoms with Crippen molar-refractivity contribution in [3.8, 4) is 16.4 Å². The predicted molar refractivity (Wildman–Crippen MR) is 114 cm³/mol. The van der Waals surface area contributed by atoms with Gasteiger partial charge in [-0.25, -0.2) is 19.6 Å². The Morgan fingerprint density at radius 2 is 2.03 bits per heavy atom. The highest BCUT2D eigenvalue weighted by Gasteiger charge is 2.12. The molecule has 0 spiro atoms. The maximum atomic E-state index is 6.11. The highest BCUT2D eigenvalue weighted by Crippen LogP contribution is 2.25. The molecule has 0 fully saturated rings. The van der Waals surface area contributed by atoms with Crippen molar-refractivity contribution in [1.29, 1.82) is 0 Å². The minimum Gasteiger partial charge on any atom is -0.364 e.